The average molecular weight is 388 g/mol. The van der Waals surface area contributed by atoms with E-state index in [0.717, 1.165) is 40.2 Å². The number of carbonyl (C=O) groups excluding carboxylic acids is 2. The Hall–Kier alpha value is -3.67. The molecule has 0 bridgehead atoms. The molecule has 1 aromatic heterocycles. The Kier molecular flexibility index (Phi) is 5.93. The third-order valence-electron chi connectivity index (χ3n) is 4.74. The van der Waals surface area contributed by atoms with Crippen molar-refractivity contribution in [1.29, 1.82) is 0 Å². The van der Waals surface area contributed by atoms with Crippen molar-refractivity contribution in [2.45, 2.75) is 20.4 Å². The van der Waals surface area contributed by atoms with E-state index in [1.54, 1.807) is 11.7 Å². The van der Waals surface area contributed by atoms with Crippen LogP contribution in [-0.4, -0.2) is 33.6 Å². The quantitative estimate of drug-likeness (QED) is 0.608. The highest BCUT2D eigenvalue weighted by atomic mass is 16.4. The summed E-state index contributed by atoms with van der Waals surface area (Å²) in [7, 11) is 1.62. The van der Waals surface area contributed by atoms with Crippen LogP contribution in [0.15, 0.2) is 66.9 Å². The number of hydrogen-bond acceptors (Lipinski definition) is 4. The van der Waals surface area contributed by atoms with Gasteiger partial charge in [0, 0.05) is 37.0 Å². The molecule has 0 atom stereocenters. The molecule has 6 heteroatoms. The summed E-state index contributed by atoms with van der Waals surface area (Å²) >= 11 is 0. The number of aryl methyl sites for hydroxylation is 2. The second-order valence-electron chi connectivity index (χ2n) is 6.93. The van der Waals surface area contributed by atoms with Gasteiger partial charge in [0.1, 0.15) is 0 Å². The normalized spacial score (nSPS) is 11.0. The largest absolute Gasteiger partial charge is 0.545 e. The molecule has 0 aliphatic heterocycles. The fourth-order valence-electron chi connectivity index (χ4n) is 2.97. The van der Waals surface area contributed by atoms with E-state index in [4.69, 9.17) is 5.10 Å². The maximum atomic E-state index is 12.2. The molecule has 148 valence electrons. The number of benzene rings is 2. The molecule has 0 aliphatic rings. The lowest BCUT2D eigenvalue weighted by Gasteiger charge is -2.15. The van der Waals surface area contributed by atoms with E-state index < -0.39 is 11.9 Å². The lowest BCUT2D eigenvalue weighted by atomic mass is 10.0. The summed E-state index contributed by atoms with van der Waals surface area (Å²) in [6.07, 6.45) is 3.62. The first-order valence-electron chi connectivity index (χ1n) is 9.21. The first-order chi connectivity index (χ1) is 13.8. The molecule has 0 radical (unpaired) electrons. The van der Waals surface area contributed by atoms with Gasteiger partial charge in [-0.2, -0.15) is 5.10 Å². The van der Waals surface area contributed by atoms with Gasteiger partial charge < -0.3 is 14.8 Å². The Balaban J connectivity index is 1.99. The van der Waals surface area contributed by atoms with E-state index in [1.165, 1.54) is 10.5 Å². The van der Waals surface area contributed by atoms with Crippen molar-refractivity contribution >= 4 is 11.9 Å². The number of carboxylic acids is 1. The number of amides is 1. The van der Waals surface area contributed by atoms with Gasteiger partial charge in [-0.05, 0) is 49.2 Å². The van der Waals surface area contributed by atoms with Crippen LogP contribution >= 0.6 is 0 Å². The first-order valence-corrected chi connectivity index (χ1v) is 9.21. The minimum atomic E-state index is -1.40. The molecule has 1 heterocycles. The highest BCUT2D eigenvalue weighted by Crippen LogP contribution is 2.26. The van der Waals surface area contributed by atoms with Crippen LogP contribution in [0.3, 0.4) is 0 Å². The van der Waals surface area contributed by atoms with Gasteiger partial charge in [0.25, 0.3) is 0 Å². The van der Waals surface area contributed by atoms with Gasteiger partial charge in [0.2, 0.25) is 5.91 Å². The van der Waals surface area contributed by atoms with Crippen LogP contribution in [0, 0.1) is 13.8 Å². The average Bonchev–Trinajstić information content (AvgIpc) is 3.12. The molecule has 29 heavy (non-hydrogen) atoms. The zero-order valence-electron chi connectivity index (χ0n) is 16.6. The molecule has 0 fully saturated rings. The van der Waals surface area contributed by atoms with Gasteiger partial charge in [-0.15, -0.1) is 0 Å². The van der Waals surface area contributed by atoms with Crippen LogP contribution in [0.5, 0.6) is 0 Å². The number of likely N-dealkylation sites (N-methyl/N-ethyl adjacent to an activating group) is 1. The molecular formula is C23H22N3O3-. The Labute approximate surface area is 169 Å². The summed E-state index contributed by atoms with van der Waals surface area (Å²) in [5, 5.41) is 15.3. The molecule has 0 spiro atoms. The molecule has 3 rings (SSSR count). The van der Waals surface area contributed by atoms with Crippen LogP contribution < -0.4 is 5.11 Å². The number of rotatable bonds is 6. The van der Waals surface area contributed by atoms with Crippen LogP contribution in [0.1, 0.15) is 16.7 Å². The van der Waals surface area contributed by atoms with Crippen LogP contribution in [0.2, 0.25) is 0 Å². The smallest absolute Gasteiger partial charge is 0.246 e. The topological polar surface area (TPSA) is 78.3 Å². The van der Waals surface area contributed by atoms with Crippen molar-refractivity contribution in [2.75, 3.05) is 7.05 Å². The van der Waals surface area contributed by atoms with Crippen LogP contribution in [0.25, 0.3) is 16.9 Å². The fourth-order valence-corrected chi connectivity index (χ4v) is 2.97. The second kappa shape index (κ2) is 8.56. The zero-order chi connectivity index (χ0) is 21.0. The lowest BCUT2D eigenvalue weighted by Crippen LogP contribution is -2.26. The van der Waals surface area contributed by atoms with Crippen molar-refractivity contribution in [3.8, 4) is 16.9 Å². The minimum Gasteiger partial charge on any atom is -0.545 e. The Morgan fingerprint density at radius 1 is 1.07 bits per heavy atom. The maximum absolute atomic E-state index is 12.2. The number of aliphatic carboxylic acids is 1. The number of aromatic nitrogens is 2. The van der Waals surface area contributed by atoms with Crippen LogP contribution in [-0.2, 0) is 16.1 Å². The van der Waals surface area contributed by atoms with Crippen molar-refractivity contribution in [3.63, 3.8) is 0 Å². The van der Waals surface area contributed by atoms with Gasteiger partial charge in [0.05, 0.1) is 17.4 Å². The highest BCUT2D eigenvalue weighted by Gasteiger charge is 2.16. The number of para-hydroxylation sites is 1. The third-order valence-corrected chi connectivity index (χ3v) is 4.74. The molecule has 0 unspecified atom stereocenters. The summed E-state index contributed by atoms with van der Waals surface area (Å²) in [4.78, 5) is 24.2. The zero-order valence-corrected chi connectivity index (χ0v) is 16.6. The van der Waals surface area contributed by atoms with E-state index in [2.05, 4.69) is 13.0 Å². The minimum absolute atomic E-state index is 0.283. The summed E-state index contributed by atoms with van der Waals surface area (Å²) in [6, 6.07) is 15.9. The predicted molar refractivity (Wildman–Crippen MR) is 109 cm³/mol. The molecular weight excluding hydrogens is 366 g/mol. The number of carbonyl (C=O) groups is 2. The second-order valence-corrected chi connectivity index (χ2v) is 6.93. The molecule has 2 aromatic carbocycles. The maximum Gasteiger partial charge on any atom is 0.246 e. The van der Waals surface area contributed by atoms with Gasteiger partial charge in [-0.3, -0.25) is 4.79 Å². The van der Waals surface area contributed by atoms with Crippen molar-refractivity contribution in [1.82, 2.24) is 14.7 Å². The molecule has 0 saturated carbocycles. The van der Waals surface area contributed by atoms with E-state index in [9.17, 15) is 14.7 Å². The van der Waals surface area contributed by atoms with Gasteiger partial charge in [-0.1, -0.05) is 30.3 Å². The molecule has 0 aliphatic carbocycles. The van der Waals surface area contributed by atoms with Crippen molar-refractivity contribution in [2.24, 2.45) is 0 Å². The van der Waals surface area contributed by atoms with Gasteiger partial charge >= 0.3 is 0 Å². The molecule has 0 N–H and O–H groups in total. The molecule has 3 aromatic rings. The number of hydrogen-bond donors (Lipinski definition) is 0. The summed E-state index contributed by atoms with van der Waals surface area (Å²) in [5.74, 6) is -1.83. The fraction of sp³-hybridized carbons (Fsp3) is 0.174. The SMILES string of the molecule is Cc1ccc(-c2nn(-c3ccccc3)cc2CN(C)C(=O)/C=C/C(=O)[O-])cc1C. The predicted octanol–water partition coefficient (Wildman–Crippen LogP) is 2.42. The summed E-state index contributed by atoms with van der Waals surface area (Å²) < 4.78 is 1.79. The standard InChI is InChI=1S/C23H23N3O3/c1-16-9-10-18(13-17(16)2)23-19(14-25(3)21(27)11-12-22(28)29)15-26(24-23)20-7-5-4-6-8-20/h4-13,15H,14H2,1-3H3,(H,28,29)/p-1/b12-11+. The molecule has 1 amide bonds. The summed E-state index contributed by atoms with van der Waals surface area (Å²) in [6.45, 7) is 4.39. The van der Waals surface area contributed by atoms with E-state index in [0.29, 0.717) is 0 Å². The van der Waals surface area contributed by atoms with E-state index in [1.807, 2.05) is 55.6 Å². The van der Waals surface area contributed by atoms with Gasteiger partial charge in [-0.25, -0.2) is 4.68 Å². The molecule has 6 nitrogen and oxygen atoms in total. The third kappa shape index (κ3) is 4.79. The lowest BCUT2D eigenvalue weighted by molar-refractivity contribution is -0.297. The Morgan fingerprint density at radius 2 is 1.79 bits per heavy atom. The number of nitrogens with zero attached hydrogens (tertiary/aromatic N) is 3. The monoisotopic (exact) mass is 388 g/mol. The Bertz CT molecular complexity index is 1070. The Morgan fingerprint density at radius 3 is 2.45 bits per heavy atom. The number of carboxylic acid groups (broad SMARTS) is 1. The van der Waals surface area contributed by atoms with Crippen LogP contribution in [0.4, 0.5) is 0 Å². The highest BCUT2D eigenvalue weighted by molar-refractivity contribution is 5.93. The summed E-state index contributed by atoms with van der Waals surface area (Å²) in [5.41, 5.74) is 5.86. The first kappa shape index (κ1) is 20.1. The van der Waals surface area contributed by atoms with E-state index >= 15 is 0 Å². The molecule has 0 saturated heterocycles. The van der Waals surface area contributed by atoms with Gasteiger partial charge in [0.15, 0.2) is 0 Å². The van der Waals surface area contributed by atoms with Crippen molar-refractivity contribution in [3.05, 3.63) is 83.6 Å². The van der Waals surface area contributed by atoms with Crippen molar-refractivity contribution < 1.29 is 14.7 Å². The van der Waals surface area contributed by atoms with E-state index in [-0.39, 0.29) is 6.54 Å².